The van der Waals surface area contributed by atoms with Gasteiger partial charge in [-0.15, -0.1) is 0 Å². The molecule has 11 heteroatoms. The SMILES string of the molecule is COC(=O)N1CC(Cn2c(-c3cc4cccnc4n3CC3CC3)nc3cc(C(=O)N4C[C@H]5CC[C@@H]4[C@@H]5N)cc(OC)c32)C1. The molecule has 2 saturated heterocycles. The summed E-state index contributed by atoms with van der Waals surface area (Å²) in [5.74, 6) is 2.64. The maximum Gasteiger partial charge on any atom is 0.409 e. The van der Waals surface area contributed by atoms with E-state index in [0.29, 0.717) is 54.8 Å². The predicted octanol–water partition coefficient (Wildman–Crippen LogP) is 3.73. The summed E-state index contributed by atoms with van der Waals surface area (Å²) in [6, 6.07) is 10.1. The van der Waals surface area contributed by atoms with E-state index in [1.165, 1.54) is 20.0 Å². The highest BCUT2D eigenvalue weighted by atomic mass is 16.5. The molecule has 43 heavy (non-hydrogen) atoms. The second-order valence-electron chi connectivity index (χ2n) is 12.8. The summed E-state index contributed by atoms with van der Waals surface area (Å²) in [5.41, 5.74) is 10.5. The normalized spacial score (nSPS) is 23.4. The smallest absolute Gasteiger partial charge is 0.409 e. The lowest BCUT2D eigenvalue weighted by molar-refractivity contribution is 0.0621. The summed E-state index contributed by atoms with van der Waals surface area (Å²) in [7, 11) is 3.05. The number of nitrogens with zero attached hydrogens (tertiary/aromatic N) is 6. The molecule has 4 fully saturated rings. The molecule has 4 aromatic rings. The summed E-state index contributed by atoms with van der Waals surface area (Å²) in [6.45, 7) is 3.45. The molecule has 8 rings (SSSR count). The number of amides is 2. The number of benzene rings is 1. The van der Waals surface area contributed by atoms with Crippen molar-refractivity contribution in [3.8, 4) is 17.3 Å². The maximum atomic E-state index is 13.8. The van der Waals surface area contributed by atoms with Crippen LogP contribution in [0.4, 0.5) is 4.79 Å². The summed E-state index contributed by atoms with van der Waals surface area (Å²) in [5, 5.41) is 1.07. The van der Waals surface area contributed by atoms with E-state index < -0.39 is 0 Å². The number of carbonyl (C=O) groups is 2. The summed E-state index contributed by atoms with van der Waals surface area (Å²) < 4.78 is 15.4. The number of aromatic nitrogens is 4. The van der Waals surface area contributed by atoms with Gasteiger partial charge >= 0.3 is 6.09 Å². The van der Waals surface area contributed by atoms with Gasteiger partial charge in [0.15, 0.2) is 5.82 Å². The lowest BCUT2D eigenvalue weighted by atomic mass is 10.0. The Morgan fingerprint density at radius 2 is 1.81 bits per heavy atom. The third-order valence-corrected chi connectivity index (χ3v) is 10.0. The first kappa shape index (κ1) is 26.5. The molecule has 3 atom stereocenters. The van der Waals surface area contributed by atoms with Crippen LogP contribution < -0.4 is 10.5 Å². The van der Waals surface area contributed by atoms with Crippen LogP contribution in [0.2, 0.25) is 0 Å². The van der Waals surface area contributed by atoms with E-state index >= 15 is 0 Å². The molecule has 1 aromatic carbocycles. The van der Waals surface area contributed by atoms with Gasteiger partial charge in [-0.3, -0.25) is 4.79 Å². The maximum absolute atomic E-state index is 13.8. The predicted molar refractivity (Wildman–Crippen MR) is 161 cm³/mol. The molecule has 0 radical (unpaired) electrons. The standard InChI is InChI=1S/C32H37N7O4/c1-42-26-12-22(31(40)38-17-21-7-8-24(38)27(21)33)10-23-28(26)39(16-19-13-36(14-19)32(41)43-2)30(35-23)25-11-20-4-3-9-34-29(20)37(25)15-18-5-6-18/h3-4,9-12,18-19,21,24,27H,5-8,13-17,33H2,1-2H3/t21-,24-,27-/m1/s1. The van der Waals surface area contributed by atoms with Gasteiger partial charge in [-0.05, 0) is 67.9 Å². The van der Waals surface area contributed by atoms with Gasteiger partial charge in [-0.25, -0.2) is 14.8 Å². The van der Waals surface area contributed by atoms with Gasteiger partial charge in [0.25, 0.3) is 5.91 Å². The van der Waals surface area contributed by atoms with Crippen LogP contribution in [0.15, 0.2) is 36.5 Å². The number of hydrogen-bond donors (Lipinski definition) is 1. The van der Waals surface area contributed by atoms with Gasteiger partial charge in [0.1, 0.15) is 16.9 Å². The Labute approximate surface area is 249 Å². The number of nitrogens with two attached hydrogens (primary N) is 1. The lowest BCUT2D eigenvalue weighted by Gasteiger charge is -2.38. The van der Waals surface area contributed by atoms with Gasteiger partial charge < -0.3 is 34.1 Å². The van der Waals surface area contributed by atoms with Crippen molar-refractivity contribution < 1.29 is 19.1 Å². The minimum Gasteiger partial charge on any atom is -0.494 e. The highest BCUT2D eigenvalue weighted by Gasteiger charge is 2.47. The van der Waals surface area contributed by atoms with Crippen molar-refractivity contribution in [2.75, 3.05) is 33.9 Å². The van der Waals surface area contributed by atoms with Crippen LogP contribution in [0.25, 0.3) is 33.6 Å². The van der Waals surface area contributed by atoms with E-state index in [-0.39, 0.29) is 30.0 Å². The number of hydrogen-bond acceptors (Lipinski definition) is 7. The van der Waals surface area contributed by atoms with Crippen LogP contribution in [-0.4, -0.2) is 86.8 Å². The van der Waals surface area contributed by atoms with Crippen LogP contribution in [0.1, 0.15) is 36.0 Å². The fourth-order valence-electron chi connectivity index (χ4n) is 7.57. The van der Waals surface area contributed by atoms with E-state index in [4.69, 9.17) is 25.2 Å². The second kappa shape index (κ2) is 9.97. The van der Waals surface area contributed by atoms with E-state index in [0.717, 1.165) is 47.5 Å². The minimum atomic E-state index is -0.307. The largest absolute Gasteiger partial charge is 0.494 e. The van der Waals surface area contributed by atoms with Gasteiger partial charge in [-0.2, -0.15) is 0 Å². The van der Waals surface area contributed by atoms with E-state index in [2.05, 4.69) is 21.3 Å². The van der Waals surface area contributed by atoms with Crippen molar-refractivity contribution in [1.82, 2.24) is 28.9 Å². The van der Waals surface area contributed by atoms with Gasteiger partial charge in [0.2, 0.25) is 0 Å². The Bertz CT molecular complexity index is 1750. The molecule has 5 heterocycles. The highest BCUT2D eigenvalue weighted by molar-refractivity contribution is 6.00. The van der Waals surface area contributed by atoms with Crippen molar-refractivity contribution >= 4 is 34.1 Å². The zero-order valence-corrected chi connectivity index (χ0v) is 24.6. The number of fused-ring (bicyclic) bond motifs is 4. The number of ether oxygens (including phenoxy) is 2. The van der Waals surface area contributed by atoms with Crippen LogP contribution >= 0.6 is 0 Å². The number of imidazole rings is 1. The number of likely N-dealkylation sites (tertiary alicyclic amines) is 2. The van der Waals surface area contributed by atoms with Gasteiger partial charge in [0.05, 0.1) is 25.4 Å². The number of rotatable bonds is 7. The first-order valence-electron chi connectivity index (χ1n) is 15.4. The topological polar surface area (TPSA) is 121 Å². The Morgan fingerprint density at radius 3 is 2.51 bits per heavy atom. The first-order valence-corrected chi connectivity index (χ1v) is 15.4. The second-order valence-corrected chi connectivity index (χ2v) is 12.8. The zero-order chi connectivity index (χ0) is 29.4. The average Bonchev–Trinajstić information content (AvgIpc) is 3.36. The fourth-order valence-corrected chi connectivity index (χ4v) is 7.57. The monoisotopic (exact) mass is 583 g/mol. The first-order chi connectivity index (χ1) is 20.9. The molecule has 11 nitrogen and oxygen atoms in total. The number of piperidine rings is 1. The fraction of sp³-hybridized carbons (Fsp3) is 0.500. The summed E-state index contributed by atoms with van der Waals surface area (Å²) >= 11 is 0. The number of pyridine rings is 1. The lowest BCUT2D eigenvalue weighted by Crippen LogP contribution is -2.51. The molecule has 2 N–H and O–H groups in total. The Kier molecular flexibility index (Phi) is 6.15. The Hall–Kier alpha value is -4.12. The molecule has 2 aliphatic heterocycles. The van der Waals surface area contributed by atoms with Crippen LogP contribution in [0.3, 0.4) is 0 Å². The molecule has 4 aliphatic rings. The molecule has 0 spiro atoms. The number of methoxy groups -OCH3 is 2. The molecular weight excluding hydrogens is 546 g/mol. The quantitative estimate of drug-likeness (QED) is 0.352. The van der Waals surface area contributed by atoms with Crippen molar-refractivity contribution in [2.24, 2.45) is 23.5 Å². The molecule has 224 valence electrons. The van der Waals surface area contributed by atoms with E-state index in [1.807, 2.05) is 29.3 Å². The summed E-state index contributed by atoms with van der Waals surface area (Å²) in [6.07, 6.45) is 6.01. The molecule has 2 saturated carbocycles. The van der Waals surface area contributed by atoms with Crippen molar-refractivity contribution in [3.63, 3.8) is 0 Å². The van der Waals surface area contributed by atoms with E-state index in [9.17, 15) is 9.59 Å². The van der Waals surface area contributed by atoms with Crippen LogP contribution in [-0.2, 0) is 17.8 Å². The molecule has 2 bridgehead atoms. The van der Waals surface area contributed by atoms with Crippen molar-refractivity contribution in [1.29, 1.82) is 0 Å². The Morgan fingerprint density at radius 1 is 1.00 bits per heavy atom. The van der Waals surface area contributed by atoms with Crippen LogP contribution in [0.5, 0.6) is 5.75 Å². The van der Waals surface area contributed by atoms with Crippen molar-refractivity contribution in [3.05, 3.63) is 42.1 Å². The van der Waals surface area contributed by atoms with Crippen LogP contribution in [0, 0.1) is 17.8 Å². The highest BCUT2D eigenvalue weighted by Crippen LogP contribution is 2.41. The molecule has 2 aliphatic carbocycles. The van der Waals surface area contributed by atoms with Gasteiger partial charge in [0, 0.05) is 67.9 Å². The van der Waals surface area contributed by atoms with Gasteiger partial charge in [-0.1, -0.05) is 0 Å². The summed E-state index contributed by atoms with van der Waals surface area (Å²) in [4.78, 5) is 39.5. The average molecular weight is 584 g/mol. The molecule has 2 amide bonds. The third-order valence-electron chi connectivity index (χ3n) is 10.0. The Balaban J connectivity index is 1.25. The minimum absolute atomic E-state index is 0.0151. The zero-order valence-electron chi connectivity index (χ0n) is 24.6. The molecule has 0 unspecified atom stereocenters. The van der Waals surface area contributed by atoms with Crippen molar-refractivity contribution in [2.45, 2.75) is 50.9 Å². The molecular formula is C32H37N7O4. The number of carbonyl (C=O) groups excluding carboxylic acids is 2. The molecule has 3 aromatic heterocycles. The third kappa shape index (κ3) is 4.27. The van der Waals surface area contributed by atoms with E-state index in [1.54, 1.807) is 12.0 Å².